The van der Waals surface area contributed by atoms with Gasteiger partial charge in [0.25, 0.3) is 5.91 Å². The Hall–Kier alpha value is -4.47. The maximum absolute atomic E-state index is 12.2. The van der Waals surface area contributed by atoms with Crippen LogP contribution in [0.5, 0.6) is 11.5 Å². The van der Waals surface area contributed by atoms with Crippen LogP contribution in [0, 0.1) is 0 Å². The number of hydrogen-bond acceptors (Lipinski definition) is 7. The number of benzene rings is 2. The van der Waals surface area contributed by atoms with E-state index in [1.165, 1.54) is 17.3 Å². The summed E-state index contributed by atoms with van der Waals surface area (Å²) in [5.74, 6) is 1.12. The minimum absolute atomic E-state index is 0.176. The van der Waals surface area contributed by atoms with E-state index in [4.69, 9.17) is 15.6 Å². The van der Waals surface area contributed by atoms with Crippen LogP contribution in [0.3, 0.4) is 0 Å². The molecule has 4 aromatic rings. The first-order valence-corrected chi connectivity index (χ1v) is 10.4. The van der Waals surface area contributed by atoms with Crippen LogP contribution in [0.15, 0.2) is 72.5 Å². The van der Waals surface area contributed by atoms with Crippen molar-refractivity contribution in [2.75, 3.05) is 12.3 Å². The second-order valence-corrected chi connectivity index (χ2v) is 7.59. The number of aromatic nitrogens is 4. The van der Waals surface area contributed by atoms with Crippen LogP contribution in [0.25, 0.3) is 22.3 Å². The molecule has 5 rings (SSSR count). The summed E-state index contributed by atoms with van der Waals surface area (Å²) in [6, 6.07) is 17.0. The lowest BCUT2D eigenvalue weighted by atomic mass is 9.96. The molecule has 1 aliphatic rings. The summed E-state index contributed by atoms with van der Waals surface area (Å²) in [5, 5.41) is 5.30. The fourth-order valence-electron chi connectivity index (χ4n) is 3.74. The normalized spacial score (nSPS) is 13.6. The predicted molar refractivity (Wildman–Crippen MR) is 125 cm³/mol. The van der Waals surface area contributed by atoms with Gasteiger partial charge in [-0.1, -0.05) is 18.2 Å². The fourth-order valence-corrected chi connectivity index (χ4v) is 3.74. The van der Waals surface area contributed by atoms with E-state index in [2.05, 4.69) is 9.97 Å². The van der Waals surface area contributed by atoms with Gasteiger partial charge in [-0.2, -0.15) is 5.10 Å². The molecule has 1 aliphatic heterocycles. The second-order valence-electron chi connectivity index (χ2n) is 7.59. The van der Waals surface area contributed by atoms with Crippen LogP contribution in [-0.2, 0) is 16.1 Å². The second kappa shape index (κ2) is 8.23. The summed E-state index contributed by atoms with van der Waals surface area (Å²) in [4.78, 5) is 33.9. The topological polar surface area (TPSA) is 116 Å². The van der Waals surface area contributed by atoms with Gasteiger partial charge in [-0.3, -0.25) is 14.5 Å². The summed E-state index contributed by atoms with van der Waals surface area (Å²) < 4.78 is 7.50. The van der Waals surface area contributed by atoms with Crippen LogP contribution >= 0.6 is 0 Å². The number of nitrogens with zero attached hydrogens (tertiary/aromatic N) is 5. The van der Waals surface area contributed by atoms with Crippen molar-refractivity contribution in [2.24, 2.45) is 0 Å². The lowest BCUT2D eigenvalue weighted by Gasteiger charge is -2.14. The molecule has 3 heterocycles. The van der Waals surface area contributed by atoms with Crippen LogP contribution in [-0.4, -0.2) is 50.9 Å². The van der Waals surface area contributed by atoms with Gasteiger partial charge in [0.1, 0.15) is 37.2 Å². The highest BCUT2D eigenvalue weighted by Gasteiger charge is 2.28. The van der Waals surface area contributed by atoms with Gasteiger partial charge in [-0.25, -0.2) is 14.6 Å². The van der Waals surface area contributed by atoms with Crippen molar-refractivity contribution >= 4 is 36.5 Å². The minimum atomic E-state index is -0.322. The van der Waals surface area contributed by atoms with Crippen LogP contribution in [0.2, 0.25) is 0 Å². The molecule has 0 fully saturated rings. The number of ether oxygens (including phenoxy) is 1. The number of amides is 2. The molecule has 0 aliphatic carbocycles. The lowest BCUT2D eigenvalue weighted by molar-refractivity contribution is -0.137. The monoisotopic (exact) mass is 438 g/mol. The number of nitrogens with two attached hydrogens (primary N) is 1. The van der Waals surface area contributed by atoms with Gasteiger partial charge in [-0.05, 0) is 41.9 Å². The van der Waals surface area contributed by atoms with E-state index in [1.54, 1.807) is 12.5 Å². The van der Waals surface area contributed by atoms with Crippen LogP contribution in [0.1, 0.15) is 0 Å². The number of imide groups is 1. The quantitative estimate of drug-likeness (QED) is 0.360. The van der Waals surface area contributed by atoms with E-state index in [-0.39, 0.29) is 24.9 Å². The number of rotatable bonds is 6. The predicted octanol–water partition coefficient (Wildman–Crippen LogP) is 1.75. The van der Waals surface area contributed by atoms with Gasteiger partial charge in [0, 0.05) is 18.2 Å². The SMILES string of the molecule is BC1=CC(=O)N(CCn2nc(-c3ccc(Oc4ccccc4)cc3)c3c(N)ncnc32)C1=O. The summed E-state index contributed by atoms with van der Waals surface area (Å²) in [6.07, 6.45) is 2.71. The molecule has 2 N–H and O–H groups in total. The molecule has 2 aromatic carbocycles. The van der Waals surface area contributed by atoms with E-state index in [1.807, 2.05) is 54.6 Å². The Morgan fingerprint density at radius 3 is 2.36 bits per heavy atom. The molecule has 10 heteroatoms. The van der Waals surface area contributed by atoms with E-state index in [0.29, 0.717) is 33.8 Å². The molecule has 0 unspecified atom stereocenters. The number of fused-ring (bicyclic) bond motifs is 1. The summed E-state index contributed by atoms with van der Waals surface area (Å²) in [5.41, 5.74) is 8.55. The first-order chi connectivity index (χ1) is 16.0. The third-order valence-corrected chi connectivity index (χ3v) is 5.39. The van der Waals surface area contributed by atoms with Crippen molar-refractivity contribution in [1.29, 1.82) is 0 Å². The molecule has 0 spiro atoms. The lowest BCUT2D eigenvalue weighted by Crippen LogP contribution is -2.34. The number of anilines is 1. The first-order valence-electron chi connectivity index (χ1n) is 10.4. The van der Waals surface area contributed by atoms with Gasteiger partial charge >= 0.3 is 0 Å². The molecular weight excluding hydrogens is 419 g/mol. The molecular formula is C23H19BN6O3. The zero-order chi connectivity index (χ0) is 22.9. The smallest absolute Gasteiger partial charge is 0.253 e. The highest BCUT2D eigenvalue weighted by atomic mass is 16.5. The standard InChI is InChI=1S/C23H19BN6O3/c24-17-12-18(31)29(23(17)32)10-11-30-22-19(21(25)26-13-27-22)20(28-30)14-6-8-16(9-7-14)33-15-4-2-1-3-5-15/h1-9,12-13H,10-11,24H2,(H2,25,26,27). The van der Waals surface area contributed by atoms with Crippen LogP contribution < -0.4 is 10.5 Å². The van der Waals surface area contributed by atoms with Gasteiger partial charge in [0.05, 0.1) is 11.9 Å². The number of nitrogen functional groups attached to an aromatic ring is 1. The van der Waals surface area contributed by atoms with Crippen molar-refractivity contribution in [1.82, 2.24) is 24.6 Å². The fraction of sp³-hybridized carbons (Fsp3) is 0.0870. The third-order valence-electron chi connectivity index (χ3n) is 5.39. The van der Waals surface area contributed by atoms with Crippen molar-refractivity contribution in [3.63, 3.8) is 0 Å². The van der Waals surface area contributed by atoms with E-state index in [9.17, 15) is 9.59 Å². The summed E-state index contributed by atoms with van der Waals surface area (Å²) >= 11 is 0. The summed E-state index contributed by atoms with van der Waals surface area (Å²) in [7, 11) is 1.63. The molecule has 0 radical (unpaired) electrons. The third kappa shape index (κ3) is 3.82. The van der Waals surface area contributed by atoms with E-state index in [0.717, 1.165) is 11.3 Å². The number of carbonyl (C=O) groups excluding carboxylic acids is 2. The van der Waals surface area contributed by atoms with Crippen LogP contribution in [0.4, 0.5) is 5.82 Å². The average Bonchev–Trinajstić information content (AvgIpc) is 3.31. The number of carbonyl (C=O) groups is 2. The zero-order valence-corrected chi connectivity index (χ0v) is 17.8. The highest BCUT2D eigenvalue weighted by molar-refractivity contribution is 6.42. The Morgan fingerprint density at radius 2 is 1.67 bits per heavy atom. The van der Waals surface area contributed by atoms with Crippen molar-refractivity contribution < 1.29 is 14.3 Å². The van der Waals surface area contributed by atoms with E-state index >= 15 is 0 Å². The minimum Gasteiger partial charge on any atom is -0.457 e. The molecule has 162 valence electrons. The maximum atomic E-state index is 12.2. The molecule has 0 bridgehead atoms. The van der Waals surface area contributed by atoms with Gasteiger partial charge < -0.3 is 10.5 Å². The van der Waals surface area contributed by atoms with Crippen molar-refractivity contribution in [3.05, 3.63) is 72.5 Å². The maximum Gasteiger partial charge on any atom is 0.253 e. The highest BCUT2D eigenvalue weighted by Crippen LogP contribution is 2.32. The zero-order valence-electron chi connectivity index (χ0n) is 17.8. The van der Waals surface area contributed by atoms with Crippen molar-refractivity contribution in [3.8, 4) is 22.8 Å². The molecule has 2 aromatic heterocycles. The van der Waals surface area contributed by atoms with Gasteiger partial charge in [0.15, 0.2) is 5.65 Å². The molecule has 9 nitrogen and oxygen atoms in total. The molecule has 0 saturated carbocycles. The molecule has 2 amide bonds. The Balaban J connectivity index is 1.44. The molecule has 0 saturated heterocycles. The van der Waals surface area contributed by atoms with Crippen molar-refractivity contribution in [2.45, 2.75) is 6.54 Å². The Bertz CT molecular complexity index is 1400. The largest absolute Gasteiger partial charge is 0.457 e. The van der Waals surface area contributed by atoms with Gasteiger partial charge in [0.2, 0.25) is 5.91 Å². The number of hydrogen-bond donors (Lipinski definition) is 1. The first kappa shape index (κ1) is 20.4. The molecule has 33 heavy (non-hydrogen) atoms. The average molecular weight is 438 g/mol. The Labute approximate surface area is 189 Å². The summed E-state index contributed by atoms with van der Waals surface area (Å²) in [6.45, 7) is 0.455. The Morgan fingerprint density at radius 1 is 0.939 bits per heavy atom. The molecule has 0 atom stereocenters. The Kier molecular flexibility index (Phi) is 5.10. The number of para-hydroxylation sites is 1. The van der Waals surface area contributed by atoms with Gasteiger partial charge in [-0.15, -0.1) is 0 Å². The van der Waals surface area contributed by atoms with E-state index < -0.39 is 0 Å².